The summed E-state index contributed by atoms with van der Waals surface area (Å²) in [6.07, 6.45) is 4.76. The second-order valence-corrected chi connectivity index (χ2v) is 6.29. The fourth-order valence-corrected chi connectivity index (χ4v) is 4.70. The number of methoxy groups -OCH3 is 1. The van der Waals surface area contributed by atoms with Crippen LogP contribution >= 0.6 is 0 Å². The SMILES string of the molecule is CC=C(OC)[SiH](CCC)CCC. The van der Waals surface area contributed by atoms with Gasteiger partial charge in [0.25, 0.3) is 0 Å². The number of rotatable bonds is 6. The second-order valence-electron chi connectivity index (χ2n) is 3.17. The van der Waals surface area contributed by atoms with Crippen LogP contribution in [0.15, 0.2) is 11.5 Å². The molecule has 12 heavy (non-hydrogen) atoms. The molecule has 72 valence electrons. The predicted octanol–water partition coefficient (Wildman–Crippen LogP) is 3.12. The molecule has 0 aromatic rings. The van der Waals surface area contributed by atoms with Crippen LogP contribution in [-0.4, -0.2) is 15.9 Å². The van der Waals surface area contributed by atoms with Gasteiger partial charge in [0.15, 0.2) is 0 Å². The molecule has 0 aromatic heterocycles. The molecule has 0 aromatic carbocycles. The van der Waals surface area contributed by atoms with Gasteiger partial charge in [-0.3, -0.25) is 0 Å². The van der Waals surface area contributed by atoms with Crippen LogP contribution < -0.4 is 0 Å². The minimum Gasteiger partial charge on any atom is -0.507 e. The molecule has 0 fully saturated rings. The van der Waals surface area contributed by atoms with Crippen molar-refractivity contribution in [1.29, 1.82) is 0 Å². The molecule has 0 rings (SSSR count). The molecule has 2 heteroatoms. The number of hydrogen-bond donors (Lipinski definition) is 0. The molecule has 0 radical (unpaired) electrons. The van der Waals surface area contributed by atoms with Crippen molar-refractivity contribution in [1.82, 2.24) is 0 Å². The van der Waals surface area contributed by atoms with E-state index < -0.39 is 8.80 Å². The second kappa shape index (κ2) is 7.41. The van der Waals surface area contributed by atoms with Crippen molar-refractivity contribution < 1.29 is 4.74 Å². The number of allylic oxidation sites excluding steroid dienone is 1. The quantitative estimate of drug-likeness (QED) is 0.457. The molecule has 0 heterocycles. The molecular formula is C10H22OSi. The zero-order valence-corrected chi connectivity index (χ0v) is 10.0. The highest BCUT2D eigenvalue weighted by Crippen LogP contribution is 2.14. The zero-order chi connectivity index (χ0) is 9.40. The summed E-state index contributed by atoms with van der Waals surface area (Å²) in [5, 5.41) is 1.30. The topological polar surface area (TPSA) is 9.23 Å². The summed E-state index contributed by atoms with van der Waals surface area (Å²) in [6, 6.07) is 2.78. The van der Waals surface area contributed by atoms with E-state index in [1.165, 1.54) is 30.3 Å². The van der Waals surface area contributed by atoms with Crippen LogP contribution in [0.3, 0.4) is 0 Å². The van der Waals surface area contributed by atoms with Crippen LogP contribution in [0.5, 0.6) is 0 Å². The minimum absolute atomic E-state index is 0.710. The molecule has 0 atom stereocenters. The largest absolute Gasteiger partial charge is 0.507 e. The maximum atomic E-state index is 5.39. The van der Waals surface area contributed by atoms with Gasteiger partial charge in [-0.05, 0) is 6.92 Å². The molecule has 0 N–H and O–H groups in total. The first-order valence-corrected chi connectivity index (χ1v) is 7.21. The van der Waals surface area contributed by atoms with E-state index in [4.69, 9.17) is 4.74 Å². The summed E-state index contributed by atoms with van der Waals surface area (Å²) in [4.78, 5) is 0. The van der Waals surface area contributed by atoms with Gasteiger partial charge >= 0.3 is 0 Å². The number of hydrogen-bond acceptors (Lipinski definition) is 1. The minimum atomic E-state index is -0.710. The Balaban J connectivity index is 4.06. The summed E-state index contributed by atoms with van der Waals surface area (Å²) in [7, 11) is 1.10. The van der Waals surface area contributed by atoms with Gasteiger partial charge in [-0.15, -0.1) is 0 Å². The van der Waals surface area contributed by atoms with E-state index in [1.807, 2.05) is 0 Å². The Morgan fingerprint density at radius 3 is 2.00 bits per heavy atom. The van der Waals surface area contributed by atoms with Crippen LogP contribution in [0.25, 0.3) is 0 Å². The van der Waals surface area contributed by atoms with E-state index in [2.05, 4.69) is 26.8 Å². The third kappa shape index (κ3) is 3.95. The predicted molar refractivity (Wildman–Crippen MR) is 58.1 cm³/mol. The Morgan fingerprint density at radius 2 is 1.75 bits per heavy atom. The summed E-state index contributed by atoms with van der Waals surface area (Å²) >= 11 is 0. The highest BCUT2D eigenvalue weighted by Gasteiger charge is 2.13. The van der Waals surface area contributed by atoms with E-state index in [9.17, 15) is 0 Å². The third-order valence-electron chi connectivity index (χ3n) is 2.20. The smallest absolute Gasteiger partial charge is 0.115 e. The Morgan fingerprint density at radius 1 is 1.25 bits per heavy atom. The van der Waals surface area contributed by atoms with Gasteiger partial charge in [-0.2, -0.15) is 0 Å². The standard InChI is InChI=1S/C10H22OSi/c1-5-8-12(9-6-2)10(7-3)11-4/h7,12H,5-6,8-9H2,1-4H3. The van der Waals surface area contributed by atoms with Crippen molar-refractivity contribution in [3.63, 3.8) is 0 Å². The maximum Gasteiger partial charge on any atom is 0.115 e. The molecule has 0 saturated heterocycles. The van der Waals surface area contributed by atoms with Gasteiger partial charge < -0.3 is 4.74 Å². The van der Waals surface area contributed by atoms with E-state index >= 15 is 0 Å². The summed E-state index contributed by atoms with van der Waals surface area (Å²) in [5.74, 6) is 0. The molecule has 0 aliphatic carbocycles. The lowest BCUT2D eigenvalue weighted by Gasteiger charge is -2.15. The molecule has 0 unspecified atom stereocenters. The Kier molecular flexibility index (Phi) is 7.26. The van der Waals surface area contributed by atoms with Crippen molar-refractivity contribution >= 4 is 8.80 Å². The zero-order valence-electron chi connectivity index (χ0n) is 8.89. The Labute approximate surface area is 78.4 Å². The van der Waals surface area contributed by atoms with Crippen LogP contribution in [0.4, 0.5) is 0 Å². The number of ether oxygens (including phenoxy) is 1. The van der Waals surface area contributed by atoms with Gasteiger partial charge in [0.05, 0.1) is 12.5 Å². The van der Waals surface area contributed by atoms with Gasteiger partial charge in [0.1, 0.15) is 8.80 Å². The van der Waals surface area contributed by atoms with Gasteiger partial charge in [0.2, 0.25) is 0 Å². The first kappa shape index (κ1) is 11.8. The summed E-state index contributed by atoms with van der Waals surface area (Å²) in [5.41, 5.74) is 0. The fourth-order valence-electron chi connectivity index (χ4n) is 1.65. The van der Waals surface area contributed by atoms with E-state index in [0.717, 1.165) is 0 Å². The summed E-state index contributed by atoms with van der Waals surface area (Å²) < 4.78 is 5.39. The van der Waals surface area contributed by atoms with Gasteiger partial charge in [-0.1, -0.05) is 44.9 Å². The normalized spacial score (nSPS) is 12.2. The lowest BCUT2D eigenvalue weighted by molar-refractivity contribution is 0.316. The molecular weight excluding hydrogens is 164 g/mol. The molecule has 0 aliphatic heterocycles. The Hall–Kier alpha value is -0.243. The van der Waals surface area contributed by atoms with E-state index in [-0.39, 0.29) is 0 Å². The maximum absolute atomic E-state index is 5.39. The molecule has 0 spiro atoms. The van der Waals surface area contributed by atoms with Crippen LogP contribution in [0, 0.1) is 0 Å². The average molecular weight is 186 g/mol. The van der Waals surface area contributed by atoms with Crippen LogP contribution in [-0.2, 0) is 4.74 Å². The Bertz CT molecular complexity index is 126. The van der Waals surface area contributed by atoms with E-state index in [1.54, 1.807) is 7.11 Å². The molecule has 0 saturated carbocycles. The third-order valence-corrected chi connectivity index (χ3v) is 6.12. The first-order valence-electron chi connectivity index (χ1n) is 5.00. The fraction of sp³-hybridized carbons (Fsp3) is 0.800. The monoisotopic (exact) mass is 186 g/mol. The molecule has 0 aliphatic rings. The lowest BCUT2D eigenvalue weighted by Crippen LogP contribution is -2.16. The lowest BCUT2D eigenvalue weighted by atomic mass is 10.6. The highest BCUT2D eigenvalue weighted by molar-refractivity contribution is 6.65. The summed E-state index contributed by atoms with van der Waals surface area (Å²) in [6.45, 7) is 6.61. The van der Waals surface area contributed by atoms with E-state index in [0.29, 0.717) is 0 Å². The van der Waals surface area contributed by atoms with Gasteiger partial charge in [0, 0.05) is 0 Å². The van der Waals surface area contributed by atoms with Crippen LogP contribution in [0.2, 0.25) is 12.1 Å². The molecule has 1 nitrogen and oxygen atoms in total. The van der Waals surface area contributed by atoms with Crippen molar-refractivity contribution in [2.24, 2.45) is 0 Å². The van der Waals surface area contributed by atoms with Crippen molar-refractivity contribution in [2.75, 3.05) is 7.11 Å². The van der Waals surface area contributed by atoms with Crippen molar-refractivity contribution in [3.8, 4) is 0 Å². The highest BCUT2D eigenvalue weighted by atomic mass is 28.3. The van der Waals surface area contributed by atoms with Crippen LogP contribution in [0.1, 0.15) is 33.6 Å². The van der Waals surface area contributed by atoms with Crippen molar-refractivity contribution in [2.45, 2.75) is 45.7 Å². The first-order chi connectivity index (χ1) is 5.79. The van der Waals surface area contributed by atoms with Crippen molar-refractivity contribution in [3.05, 3.63) is 11.5 Å². The molecule has 0 amide bonds. The van der Waals surface area contributed by atoms with Gasteiger partial charge in [-0.25, -0.2) is 0 Å². The molecule has 0 bridgehead atoms. The average Bonchev–Trinajstić information content (AvgIpc) is 2.07.